The van der Waals surface area contributed by atoms with Gasteiger partial charge in [-0.05, 0) is 334 Å². The minimum atomic E-state index is 0.323. The van der Waals surface area contributed by atoms with Gasteiger partial charge >= 0.3 is 0 Å². The third-order valence-electron chi connectivity index (χ3n) is 55.9. The summed E-state index contributed by atoms with van der Waals surface area (Å²) in [4.78, 5) is 0. The van der Waals surface area contributed by atoms with Crippen LogP contribution < -0.4 is 0 Å². The van der Waals surface area contributed by atoms with Crippen LogP contribution in [-0.4, -0.2) is 0 Å². The second-order valence-electron chi connectivity index (χ2n) is 47.1. The lowest BCUT2D eigenvalue weighted by atomic mass is 9.31. The molecule has 27 fully saturated rings. The molecule has 0 aromatic heterocycles. The lowest BCUT2D eigenvalue weighted by molar-refractivity contribution is -0.262. The van der Waals surface area contributed by atoms with Gasteiger partial charge in [0.05, 0.1) is 0 Å². The second kappa shape index (κ2) is 9.58. The summed E-state index contributed by atoms with van der Waals surface area (Å²) in [6, 6.07) is 0. The Bertz CT molecular complexity index is 3510. The molecule has 0 spiro atoms. The molecule has 0 nitrogen and oxygen atoms in total. The molecule has 0 heteroatoms. The number of rotatable bonds is 0. The highest BCUT2D eigenvalue weighted by atomic mass is 15.2. The van der Waals surface area contributed by atoms with Crippen molar-refractivity contribution in [2.75, 3.05) is 0 Å². The molecule has 50 unspecified atom stereocenters. The summed E-state index contributed by atoms with van der Waals surface area (Å²) < 4.78 is 0. The third-order valence-corrected chi connectivity index (χ3v) is 55.9. The molecule has 0 heterocycles. The molecule has 0 saturated heterocycles. The largest absolute Gasteiger partial charge is 0.0588 e. The van der Waals surface area contributed by atoms with Crippen molar-refractivity contribution in [2.45, 2.75) is 212 Å². The second-order valence-corrected chi connectivity index (χ2v) is 47.1. The highest BCUT2D eigenvalue weighted by molar-refractivity contribution is 5.64. The van der Waals surface area contributed by atoms with Crippen molar-refractivity contribution >= 4 is 0 Å². The van der Waals surface area contributed by atoms with E-state index >= 15 is 0 Å². The topological polar surface area (TPSA) is 0 Å². The summed E-state index contributed by atoms with van der Waals surface area (Å²) in [5, 5.41) is 0. The van der Waals surface area contributed by atoms with Gasteiger partial charge in [0.25, 0.3) is 0 Å². The van der Waals surface area contributed by atoms with Gasteiger partial charge in [0.1, 0.15) is 0 Å². The summed E-state index contributed by atoms with van der Waals surface area (Å²) in [5.41, 5.74) is 9.62. The third kappa shape index (κ3) is 2.25. The molecule has 0 radical (unpaired) electrons. The first-order valence-electron chi connectivity index (χ1n) is 38.2. The molecular formula is C83H114. The predicted octanol–water partition coefficient (Wildman–Crippen LogP) is 18.5. The molecule has 27 aliphatic carbocycles. The first-order chi connectivity index (χ1) is 38.2. The molecule has 83 heavy (non-hydrogen) atoms. The molecule has 0 bridgehead atoms. The van der Waals surface area contributed by atoms with Crippen molar-refractivity contribution < 1.29 is 0 Å². The number of fused-ring (bicyclic) bond motifs is 23. The standard InChI is InChI=1S/C83H114/c1-59-28-26-32-30-61(3)36(34(32)59)38-40-42-44-46-48-50-52-54-56-58-57-55-53-51-49-47-45-43-41-39-37-35-33(31-62(37,4)66(41,8)70(45,12)74(49,16)78(53,20)82(57,24)81(56,23)77(52,19)73(48,15)69(44,11)65(40,61)7)27-29-60(35,2)64(39,6)68(43,10)72(47,14)76(51,18)80(55,22)83(58,25)79(54,21)75(50,17)71(46,13)67(42,9)63(38,59)5/h32-58H,26-31H2,1-25H3. The fraction of sp³-hybridized carbons (Fsp3) is 1.00. The van der Waals surface area contributed by atoms with Crippen LogP contribution in [0.2, 0.25) is 0 Å². The van der Waals surface area contributed by atoms with Crippen molar-refractivity contribution in [3.8, 4) is 0 Å². The van der Waals surface area contributed by atoms with Crippen LogP contribution in [0.15, 0.2) is 0 Å². The maximum atomic E-state index is 3.39. The van der Waals surface area contributed by atoms with E-state index in [0.717, 1.165) is 160 Å². The predicted molar refractivity (Wildman–Crippen MR) is 325 cm³/mol. The molecule has 0 N–H and O–H groups in total. The molecule has 50 atom stereocenters. The quantitative estimate of drug-likeness (QED) is 0.227. The Morgan fingerprint density at radius 2 is 0.277 bits per heavy atom. The fourth-order valence-electron chi connectivity index (χ4n) is 56.3. The normalized spacial score (nSPS) is 95.6. The van der Waals surface area contributed by atoms with Crippen LogP contribution in [0.3, 0.4) is 0 Å². The molecule has 0 aromatic carbocycles. The number of hydrogen-bond donors (Lipinski definition) is 0. The lowest BCUT2D eigenvalue weighted by Gasteiger charge is -2.73. The SMILES string of the molecule is CC12CC3CCC4(C)C3C1C1C3C5C6C7C8C9C%10C%11C%12C%13C%14C%15C%16C%17C%18C%19C%20C%21C%22C%23C%24C%25C(CCC%25(C)C%23(C)C%21(C)C%19(C)C%17(C)C%15(C)C%13(C)C%11(C)C9(C)C7(C)C5(C)C14C)CC%24(C)C%22(C)C%20(C)C%18(C)C%16(C)C%14(C)C%12(C)C%10(C)C8(C)C6(C)C32C. The van der Waals surface area contributed by atoms with E-state index in [1.165, 1.54) is 0 Å². The van der Waals surface area contributed by atoms with Crippen LogP contribution in [0.1, 0.15) is 212 Å². The van der Waals surface area contributed by atoms with Crippen LogP contribution in [0.4, 0.5) is 0 Å². The summed E-state index contributed by atoms with van der Waals surface area (Å²) in [5.74, 6) is 25.0. The van der Waals surface area contributed by atoms with E-state index in [1.807, 2.05) is 0 Å². The summed E-state index contributed by atoms with van der Waals surface area (Å²) in [6.45, 7) is 82.2. The number of hydrogen-bond acceptors (Lipinski definition) is 0. The van der Waals surface area contributed by atoms with Crippen LogP contribution in [0.25, 0.3) is 0 Å². The Balaban J connectivity index is 0.825. The van der Waals surface area contributed by atoms with Gasteiger partial charge < -0.3 is 0 Å². The Morgan fingerprint density at radius 1 is 0.145 bits per heavy atom. The van der Waals surface area contributed by atoms with Gasteiger partial charge in [0.15, 0.2) is 0 Å². The molecule has 0 aromatic rings. The molecule has 0 aliphatic heterocycles. The van der Waals surface area contributed by atoms with Gasteiger partial charge in [-0.1, -0.05) is 173 Å². The average molecular weight is 1110 g/mol. The Hall–Kier alpha value is 0. The van der Waals surface area contributed by atoms with Crippen LogP contribution in [0.5, 0.6) is 0 Å². The van der Waals surface area contributed by atoms with Gasteiger partial charge in [-0.25, -0.2) is 0 Å². The lowest BCUT2D eigenvalue weighted by Crippen LogP contribution is -2.69. The van der Waals surface area contributed by atoms with Gasteiger partial charge in [-0.2, -0.15) is 0 Å². The van der Waals surface area contributed by atoms with E-state index in [0.29, 0.717) is 135 Å². The van der Waals surface area contributed by atoms with Gasteiger partial charge in [0.2, 0.25) is 0 Å². The maximum Gasteiger partial charge on any atom is -0.0167 e. The van der Waals surface area contributed by atoms with Crippen LogP contribution >= 0.6 is 0 Å². The average Bonchev–Trinajstić information content (AvgIpc) is 1.35. The minimum absolute atomic E-state index is 0.323. The molecule has 27 rings (SSSR count). The molecule has 27 saturated carbocycles. The van der Waals surface area contributed by atoms with Crippen molar-refractivity contribution in [2.24, 2.45) is 295 Å². The summed E-state index contributed by atoms with van der Waals surface area (Å²) >= 11 is 0. The van der Waals surface area contributed by atoms with E-state index in [2.05, 4.69) is 173 Å². The van der Waals surface area contributed by atoms with Crippen LogP contribution in [0, 0.1) is 295 Å². The Morgan fingerprint density at radius 3 is 0.458 bits per heavy atom. The van der Waals surface area contributed by atoms with E-state index in [4.69, 9.17) is 0 Å². The van der Waals surface area contributed by atoms with E-state index in [1.54, 1.807) is 38.5 Å². The van der Waals surface area contributed by atoms with Gasteiger partial charge in [-0.15, -0.1) is 0 Å². The van der Waals surface area contributed by atoms with Crippen molar-refractivity contribution in [3.05, 3.63) is 0 Å². The minimum Gasteiger partial charge on any atom is -0.0588 e. The zero-order valence-corrected chi connectivity index (χ0v) is 57.3. The highest BCUT2D eigenvalue weighted by Crippen LogP contribution is 3.21. The van der Waals surface area contributed by atoms with E-state index in [-0.39, 0.29) is 0 Å². The molecule has 0 amide bonds. The summed E-state index contributed by atoms with van der Waals surface area (Å²) in [7, 11) is 0. The maximum absolute atomic E-state index is 3.39. The van der Waals surface area contributed by atoms with Crippen LogP contribution in [-0.2, 0) is 0 Å². The zero-order valence-electron chi connectivity index (χ0n) is 57.3. The fourth-order valence-corrected chi connectivity index (χ4v) is 56.3. The molecular weight excluding hydrogens is 997 g/mol. The molecule has 446 valence electrons. The van der Waals surface area contributed by atoms with Crippen molar-refractivity contribution in [1.29, 1.82) is 0 Å². The highest BCUT2D eigenvalue weighted by Gasteiger charge is 3.18. The van der Waals surface area contributed by atoms with E-state index in [9.17, 15) is 0 Å². The van der Waals surface area contributed by atoms with E-state index < -0.39 is 0 Å². The van der Waals surface area contributed by atoms with Crippen molar-refractivity contribution in [3.63, 3.8) is 0 Å². The zero-order chi connectivity index (χ0) is 57.3. The Kier molecular flexibility index (Phi) is 5.42. The smallest absolute Gasteiger partial charge is 0.0167 e. The molecule has 27 aliphatic rings. The first-order valence-corrected chi connectivity index (χ1v) is 38.2. The monoisotopic (exact) mass is 1110 g/mol. The van der Waals surface area contributed by atoms with Gasteiger partial charge in [-0.3, -0.25) is 0 Å². The first kappa shape index (κ1) is 47.0. The summed E-state index contributed by atoms with van der Waals surface area (Å²) in [6.07, 6.45) is 9.47. The van der Waals surface area contributed by atoms with Gasteiger partial charge in [0, 0.05) is 0 Å². The van der Waals surface area contributed by atoms with Crippen molar-refractivity contribution in [1.82, 2.24) is 0 Å². The Labute approximate surface area is 504 Å².